The van der Waals surface area contributed by atoms with Gasteiger partial charge in [-0.25, -0.2) is 0 Å². The van der Waals surface area contributed by atoms with Crippen LogP contribution in [-0.4, -0.2) is 37.2 Å². The van der Waals surface area contributed by atoms with Crippen molar-refractivity contribution in [2.24, 2.45) is 5.73 Å². The summed E-state index contributed by atoms with van der Waals surface area (Å²) in [5.74, 6) is 0.596. The molecule has 2 atom stereocenters. The molecule has 0 aromatic heterocycles. The van der Waals surface area contributed by atoms with E-state index in [0.29, 0.717) is 24.6 Å². The maximum absolute atomic E-state index is 5.93. The largest absolute Gasteiger partial charge is 0.381 e. The van der Waals surface area contributed by atoms with Crippen LogP contribution in [0.4, 0.5) is 0 Å². The molecule has 20 heavy (non-hydrogen) atoms. The van der Waals surface area contributed by atoms with Crippen LogP contribution >= 0.6 is 0 Å². The van der Waals surface area contributed by atoms with Gasteiger partial charge in [0.2, 0.25) is 0 Å². The SMILES string of the molecule is COC1CCN(Cc2ccc(C(C)C)cc2)C(CN)C1. The van der Waals surface area contributed by atoms with Gasteiger partial charge in [-0.1, -0.05) is 38.1 Å². The van der Waals surface area contributed by atoms with Gasteiger partial charge in [-0.15, -0.1) is 0 Å². The molecule has 2 rings (SSSR count). The number of likely N-dealkylation sites (tertiary alicyclic amines) is 1. The van der Waals surface area contributed by atoms with E-state index in [2.05, 4.69) is 43.0 Å². The fraction of sp³-hybridized carbons (Fsp3) is 0.647. The maximum Gasteiger partial charge on any atom is 0.0599 e. The van der Waals surface area contributed by atoms with Gasteiger partial charge >= 0.3 is 0 Å². The Labute approximate surface area is 123 Å². The maximum atomic E-state index is 5.93. The molecule has 3 nitrogen and oxygen atoms in total. The number of piperidine rings is 1. The van der Waals surface area contributed by atoms with Crippen LogP contribution in [0.1, 0.15) is 43.7 Å². The highest BCUT2D eigenvalue weighted by molar-refractivity contribution is 5.24. The van der Waals surface area contributed by atoms with Gasteiger partial charge in [0.05, 0.1) is 6.10 Å². The Hall–Kier alpha value is -0.900. The lowest BCUT2D eigenvalue weighted by atomic mass is 9.97. The van der Waals surface area contributed by atoms with E-state index in [1.165, 1.54) is 11.1 Å². The average molecular weight is 276 g/mol. The first-order valence-corrected chi connectivity index (χ1v) is 7.69. The quantitative estimate of drug-likeness (QED) is 0.898. The molecule has 1 aromatic carbocycles. The highest BCUT2D eigenvalue weighted by Crippen LogP contribution is 2.22. The Balaban J connectivity index is 1.98. The second-order valence-electron chi connectivity index (χ2n) is 6.14. The summed E-state index contributed by atoms with van der Waals surface area (Å²) in [7, 11) is 1.80. The molecule has 112 valence electrons. The van der Waals surface area contributed by atoms with Crippen LogP contribution in [-0.2, 0) is 11.3 Å². The third-order valence-electron chi connectivity index (χ3n) is 4.43. The minimum atomic E-state index is 0.378. The summed E-state index contributed by atoms with van der Waals surface area (Å²) in [5, 5.41) is 0. The lowest BCUT2D eigenvalue weighted by Gasteiger charge is -2.38. The van der Waals surface area contributed by atoms with Crippen LogP contribution in [0.3, 0.4) is 0 Å². The van der Waals surface area contributed by atoms with E-state index in [1.54, 1.807) is 7.11 Å². The van der Waals surface area contributed by atoms with Crippen LogP contribution in [0, 0.1) is 0 Å². The molecule has 1 aliphatic rings. The van der Waals surface area contributed by atoms with Crippen molar-refractivity contribution >= 4 is 0 Å². The van der Waals surface area contributed by atoms with Crippen molar-refractivity contribution in [3.63, 3.8) is 0 Å². The van der Waals surface area contributed by atoms with E-state index in [0.717, 1.165) is 25.9 Å². The zero-order valence-corrected chi connectivity index (χ0v) is 13.0. The predicted octanol–water partition coefficient (Wildman–Crippen LogP) is 2.75. The van der Waals surface area contributed by atoms with Crippen LogP contribution in [0.2, 0.25) is 0 Å². The normalized spacial score (nSPS) is 24.2. The van der Waals surface area contributed by atoms with Crippen molar-refractivity contribution in [2.75, 3.05) is 20.2 Å². The van der Waals surface area contributed by atoms with Crippen molar-refractivity contribution in [2.45, 2.75) is 51.3 Å². The number of methoxy groups -OCH3 is 1. The van der Waals surface area contributed by atoms with Crippen LogP contribution in [0.15, 0.2) is 24.3 Å². The molecule has 1 fully saturated rings. The monoisotopic (exact) mass is 276 g/mol. The zero-order valence-electron chi connectivity index (χ0n) is 13.0. The van der Waals surface area contributed by atoms with Gasteiger partial charge in [0, 0.05) is 32.8 Å². The predicted molar refractivity (Wildman–Crippen MR) is 83.8 cm³/mol. The van der Waals surface area contributed by atoms with E-state index >= 15 is 0 Å². The first-order valence-electron chi connectivity index (χ1n) is 7.69. The first kappa shape index (κ1) is 15.5. The molecule has 0 bridgehead atoms. The van der Waals surface area contributed by atoms with E-state index in [-0.39, 0.29) is 0 Å². The minimum absolute atomic E-state index is 0.378. The van der Waals surface area contributed by atoms with Gasteiger partial charge in [-0.3, -0.25) is 4.90 Å². The summed E-state index contributed by atoms with van der Waals surface area (Å²) in [6, 6.07) is 9.45. The van der Waals surface area contributed by atoms with Crippen molar-refractivity contribution in [3.05, 3.63) is 35.4 Å². The average Bonchev–Trinajstić information content (AvgIpc) is 2.48. The number of rotatable bonds is 5. The third kappa shape index (κ3) is 3.81. The highest BCUT2D eigenvalue weighted by atomic mass is 16.5. The summed E-state index contributed by atoms with van der Waals surface area (Å²) < 4.78 is 5.48. The highest BCUT2D eigenvalue weighted by Gasteiger charge is 2.27. The smallest absolute Gasteiger partial charge is 0.0599 e. The van der Waals surface area contributed by atoms with Gasteiger partial charge in [0.15, 0.2) is 0 Å². The molecule has 0 amide bonds. The molecular weight excluding hydrogens is 248 g/mol. The molecule has 1 aromatic rings. The van der Waals surface area contributed by atoms with Crippen LogP contribution in [0.5, 0.6) is 0 Å². The van der Waals surface area contributed by atoms with Crippen molar-refractivity contribution < 1.29 is 4.74 Å². The van der Waals surface area contributed by atoms with Crippen molar-refractivity contribution in [1.82, 2.24) is 4.90 Å². The summed E-state index contributed by atoms with van der Waals surface area (Å²) in [5.41, 5.74) is 8.71. The van der Waals surface area contributed by atoms with E-state index in [4.69, 9.17) is 10.5 Å². The lowest BCUT2D eigenvalue weighted by molar-refractivity contribution is 0.0102. The Morgan fingerprint density at radius 3 is 2.55 bits per heavy atom. The van der Waals surface area contributed by atoms with Crippen molar-refractivity contribution in [1.29, 1.82) is 0 Å². The second kappa shape index (κ2) is 7.21. The number of nitrogens with two attached hydrogens (primary N) is 1. The van der Waals surface area contributed by atoms with Gasteiger partial charge in [0.1, 0.15) is 0 Å². The Bertz CT molecular complexity index is 402. The van der Waals surface area contributed by atoms with Crippen LogP contribution < -0.4 is 5.73 Å². The van der Waals surface area contributed by atoms with Gasteiger partial charge < -0.3 is 10.5 Å². The molecule has 2 unspecified atom stereocenters. The zero-order chi connectivity index (χ0) is 14.5. The fourth-order valence-corrected chi connectivity index (χ4v) is 2.97. The standard InChI is InChI=1S/C17H28N2O/c1-13(2)15-6-4-14(5-7-15)12-19-9-8-17(20-3)10-16(19)11-18/h4-7,13,16-17H,8-12,18H2,1-3H3. The Morgan fingerprint density at radius 2 is 2.00 bits per heavy atom. The Morgan fingerprint density at radius 1 is 1.30 bits per heavy atom. The molecule has 1 aliphatic heterocycles. The van der Waals surface area contributed by atoms with Crippen LogP contribution in [0.25, 0.3) is 0 Å². The van der Waals surface area contributed by atoms with Gasteiger partial charge in [0.25, 0.3) is 0 Å². The third-order valence-corrected chi connectivity index (χ3v) is 4.43. The molecule has 3 heteroatoms. The molecule has 0 radical (unpaired) electrons. The molecule has 2 N–H and O–H groups in total. The van der Waals surface area contributed by atoms with E-state index in [9.17, 15) is 0 Å². The molecule has 0 spiro atoms. The first-order chi connectivity index (χ1) is 9.63. The minimum Gasteiger partial charge on any atom is -0.381 e. The second-order valence-corrected chi connectivity index (χ2v) is 6.14. The van der Waals surface area contributed by atoms with Gasteiger partial charge in [-0.2, -0.15) is 0 Å². The summed E-state index contributed by atoms with van der Waals surface area (Å²) in [4.78, 5) is 2.50. The molecule has 0 saturated carbocycles. The molecule has 0 aliphatic carbocycles. The van der Waals surface area contributed by atoms with E-state index in [1.807, 2.05) is 0 Å². The lowest BCUT2D eigenvalue weighted by Crippen LogP contribution is -2.47. The summed E-state index contributed by atoms with van der Waals surface area (Å²) in [6.07, 6.45) is 2.54. The number of hydrogen-bond acceptors (Lipinski definition) is 3. The van der Waals surface area contributed by atoms with Crippen molar-refractivity contribution in [3.8, 4) is 0 Å². The van der Waals surface area contributed by atoms with E-state index < -0.39 is 0 Å². The number of ether oxygens (including phenoxy) is 1. The topological polar surface area (TPSA) is 38.5 Å². The summed E-state index contributed by atoms with van der Waals surface area (Å²) in [6.45, 7) is 7.25. The molecule has 1 saturated heterocycles. The summed E-state index contributed by atoms with van der Waals surface area (Å²) >= 11 is 0. The van der Waals surface area contributed by atoms with Gasteiger partial charge in [-0.05, 0) is 29.9 Å². The Kier molecular flexibility index (Phi) is 5.58. The number of hydrogen-bond donors (Lipinski definition) is 1. The number of nitrogens with zero attached hydrogens (tertiary/aromatic N) is 1. The molecular formula is C17H28N2O. The molecule has 1 heterocycles. The fourth-order valence-electron chi connectivity index (χ4n) is 2.97. The number of benzene rings is 1.